The van der Waals surface area contributed by atoms with Crippen molar-refractivity contribution in [1.29, 1.82) is 0 Å². The van der Waals surface area contributed by atoms with Crippen LogP contribution in [0, 0.1) is 0 Å². The van der Waals surface area contributed by atoms with E-state index in [0.29, 0.717) is 0 Å². The second-order valence-electron chi connectivity index (χ2n) is 3.93. The van der Waals surface area contributed by atoms with E-state index < -0.39 is 0 Å². The Hall–Kier alpha value is -0.420. The maximum Gasteiger partial charge on any atom is 0.0587 e. The first-order chi connectivity index (χ1) is 7.83. The van der Waals surface area contributed by atoms with Gasteiger partial charge in [0.2, 0.25) is 0 Å². The summed E-state index contributed by atoms with van der Waals surface area (Å²) in [6, 6.07) is 2.20. The first-order valence-corrected chi connectivity index (χ1v) is 6.66. The maximum atomic E-state index is 4.97. The molecular weight excluding hydrogens is 220 g/mol. The zero-order valence-electron chi connectivity index (χ0n) is 10.2. The standard InChI is InChI=1S/C12H22N2OS/c1-14(8-5-13-6-9-15-2)7-3-12-4-10-16-11-12/h4,10-11,13H,3,5-9H2,1-2H3. The molecule has 0 amide bonds. The van der Waals surface area contributed by atoms with E-state index in [4.69, 9.17) is 4.74 Å². The van der Waals surface area contributed by atoms with Gasteiger partial charge in [0.25, 0.3) is 0 Å². The van der Waals surface area contributed by atoms with Crippen molar-refractivity contribution >= 4 is 11.3 Å². The van der Waals surface area contributed by atoms with Crippen LogP contribution in [-0.2, 0) is 11.2 Å². The van der Waals surface area contributed by atoms with Crippen molar-refractivity contribution in [2.75, 3.05) is 46.9 Å². The lowest BCUT2D eigenvalue weighted by Crippen LogP contribution is -2.32. The molecule has 4 heteroatoms. The Morgan fingerprint density at radius 1 is 1.38 bits per heavy atom. The number of nitrogens with zero attached hydrogens (tertiary/aromatic N) is 1. The van der Waals surface area contributed by atoms with Crippen LogP contribution < -0.4 is 5.32 Å². The lowest BCUT2D eigenvalue weighted by atomic mass is 10.2. The van der Waals surface area contributed by atoms with E-state index in [2.05, 4.69) is 34.1 Å². The van der Waals surface area contributed by atoms with Gasteiger partial charge in [0, 0.05) is 33.3 Å². The number of nitrogens with one attached hydrogen (secondary N) is 1. The largest absolute Gasteiger partial charge is 0.383 e. The van der Waals surface area contributed by atoms with Crippen molar-refractivity contribution < 1.29 is 4.74 Å². The zero-order chi connectivity index (χ0) is 11.6. The molecule has 0 bridgehead atoms. The average molecular weight is 242 g/mol. The monoisotopic (exact) mass is 242 g/mol. The summed E-state index contributed by atoms with van der Waals surface area (Å²) < 4.78 is 4.97. The molecular formula is C12H22N2OS. The van der Waals surface area contributed by atoms with Crippen molar-refractivity contribution in [3.8, 4) is 0 Å². The van der Waals surface area contributed by atoms with E-state index >= 15 is 0 Å². The zero-order valence-corrected chi connectivity index (χ0v) is 11.1. The molecule has 0 saturated carbocycles. The Morgan fingerprint density at radius 3 is 2.94 bits per heavy atom. The summed E-state index contributed by atoms with van der Waals surface area (Å²) in [4.78, 5) is 2.36. The van der Waals surface area contributed by atoms with Gasteiger partial charge in [-0.05, 0) is 35.9 Å². The molecule has 0 fully saturated rings. The Labute approximate surface area is 102 Å². The maximum absolute atomic E-state index is 4.97. The number of ether oxygens (including phenoxy) is 1. The predicted molar refractivity (Wildman–Crippen MR) is 70.3 cm³/mol. The minimum atomic E-state index is 0.790. The van der Waals surface area contributed by atoms with E-state index in [1.165, 1.54) is 5.56 Å². The van der Waals surface area contributed by atoms with Crippen LogP contribution in [0.1, 0.15) is 5.56 Å². The summed E-state index contributed by atoms with van der Waals surface area (Å²) in [5.41, 5.74) is 1.45. The number of thiophene rings is 1. The molecule has 0 aromatic carbocycles. The smallest absolute Gasteiger partial charge is 0.0587 e. The predicted octanol–water partition coefficient (Wildman–Crippen LogP) is 1.46. The van der Waals surface area contributed by atoms with Crippen LogP contribution in [0.4, 0.5) is 0 Å². The van der Waals surface area contributed by atoms with Gasteiger partial charge >= 0.3 is 0 Å². The van der Waals surface area contributed by atoms with Crippen LogP contribution in [0.5, 0.6) is 0 Å². The fraction of sp³-hybridized carbons (Fsp3) is 0.667. The summed E-state index contributed by atoms with van der Waals surface area (Å²) in [5.74, 6) is 0. The second-order valence-corrected chi connectivity index (χ2v) is 4.71. The fourth-order valence-electron chi connectivity index (χ4n) is 1.44. The summed E-state index contributed by atoms with van der Waals surface area (Å²) >= 11 is 1.77. The highest BCUT2D eigenvalue weighted by atomic mass is 32.1. The minimum Gasteiger partial charge on any atom is -0.383 e. The Kier molecular flexibility index (Phi) is 7.42. The van der Waals surface area contributed by atoms with E-state index in [0.717, 1.165) is 39.2 Å². The molecule has 3 nitrogen and oxygen atoms in total. The van der Waals surface area contributed by atoms with Crippen molar-refractivity contribution in [3.05, 3.63) is 22.4 Å². The van der Waals surface area contributed by atoms with Crippen LogP contribution >= 0.6 is 11.3 Å². The molecule has 0 aliphatic rings. The van der Waals surface area contributed by atoms with Crippen LogP contribution in [0.2, 0.25) is 0 Å². The van der Waals surface area contributed by atoms with E-state index in [1.54, 1.807) is 18.4 Å². The number of hydrogen-bond donors (Lipinski definition) is 1. The first kappa shape index (κ1) is 13.6. The van der Waals surface area contributed by atoms with Gasteiger partial charge in [0.05, 0.1) is 6.61 Å². The summed E-state index contributed by atoms with van der Waals surface area (Å²) in [6.07, 6.45) is 1.15. The highest BCUT2D eigenvalue weighted by molar-refractivity contribution is 7.07. The van der Waals surface area contributed by atoms with E-state index in [1.807, 2.05) is 0 Å². The van der Waals surface area contributed by atoms with Gasteiger partial charge in [-0.2, -0.15) is 11.3 Å². The molecule has 0 radical (unpaired) electrons. The molecule has 92 valence electrons. The highest BCUT2D eigenvalue weighted by Gasteiger charge is 1.99. The summed E-state index contributed by atoms with van der Waals surface area (Å²) in [7, 11) is 3.90. The normalized spacial score (nSPS) is 11.2. The van der Waals surface area contributed by atoms with Gasteiger partial charge in [-0.3, -0.25) is 0 Å². The molecule has 1 heterocycles. The topological polar surface area (TPSA) is 24.5 Å². The third kappa shape index (κ3) is 6.23. The first-order valence-electron chi connectivity index (χ1n) is 5.72. The van der Waals surface area contributed by atoms with Gasteiger partial charge in [0.15, 0.2) is 0 Å². The van der Waals surface area contributed by atoms with Crippen molar-refractivity contribution in [2.45, 2.75) is 6.42 Å². The molecule has 0 spiro atoms. The molecule has 16 heavy (non-hydrogen) atoms. The van der Waals surface area contributed by atoms with Crippen molar-refractivity contribution in [1.82, 2.24) is 10.2 Å². The molecule has 1 aromatic heterocycles. The van der Waals surface area contributed by atoms with Gasteiger partial charge in [0.1, 0.15) is 0 Å². The quantitative estimate of drug-likeness (QED) is 0.664. The van der Waals surface area contributed by atoms with Gasteiger partial charge < -0.3 is 15.0 Å². The molecule has 0 unspecified atom stereocenters. The Balaban J connectivity index is 1.96. The number of methoxy groups -OCH3 is 1. The lowest BCUT2D eigenvalue weighted by Gasteiger charge is -2.16. The highest BCUT2D eigenvalue weighted by Crippen LogP contribution is 2.06. The van der Waals surface area contributed by atoms with Crippen LogP contribution in [0.25, 0.3) is 0 Å². The number of hydrogen-bond acceptors (Lipinski definition) is 4. The third-order valence-corrected chi connectivity index (χ3v) is 3.25. The molecule has 0 aliphatic heterocycles. The number of rotatable bonds is 9. The van der Waals surface area contributed by atoms with Crippen LogP contribution in [0.3, 0.4) is 0 Å². The third-order valence-electron chi connectivity index (χ3n) is 2.52. The van der Waals surface area contributed by atoms with Crippen molar-refractivity contribution in [3.63, 3.8) is 0 Å². The average Bonchev–Trinajstić information content (AvgIpc) is 2.79. The van der Waals surface area contributed by atoms with Gasteiger partial charge in [-0.1, -0.05) is 0 Å². The molecule has 1 N–H and O–H groups in total. The van der Waals surface area contributed by atoms with Crippen LogP contribution in [0.15, 0.2) is 16.8 Å². The van der Waals surface area contributed by atoms with E-state index in [9.17, 15) is 0 Å². The number of likely N-dealkylation sites (N-methyl/N-ethyl adjacent to an activating group) is 1. The van der Waals surface area contributed by atoms with Crippen LogP contribution in [-0.4, -0.2) is 51.8 Å². The Morgan fingerprint density at radius 2 is 2.25 bits per heavy atom. The Bertz CT molecular complexity index is 252. The van der Waals surface area contributed by atoms with E-state index in [-0.39, 0.29) is 0 Å². The molecule has 0 saturated heterocycles. The second kappa shape index (κ2) is 8.70. The summed E-state index contributed by atoms with van der Waals surface area (Å²) in [5, 5.41) is 7.71. The summed E-state index contributed by atoms with van der Waals surface area (Å²) in [6.45, 7) is 4.98. The molecule has 0 aliphatic carbocycles. The SMILES string of the molecule is COCCNCCN(C)CCc1ccsc1. The molecule has 1 aromatic rings. The van der Waals surface area contributed by atoms with Gasteiger partial charge in [-0.25, -0.2) is 0 Å². The fourth-order valence-corrected chi connectivity index (χ4v) is 2.14. The van der Waals surface area contributed by atoms with Gasteiger partial charge in [-0.15, -0.1) is 0 Å². The molecule has 1 rings (SSSR count). The lowest BCUT2D eigenvalue weighted by molar-refractivity contribution is 0.198. The van der Waals surface area contributed by atoms with Crippen molar-refractivity contribution in [2.24, 2.45) is 0 Å². The minimum absolute atomic E-state index is 0.790. The molecule has 0 atom stereocenters.